The van der Waals surface area contributed by atoms with Crippen molar-refractivity contribution in [3.8, 4) is 0 Å². The molecular weight excluding hydrogens is 152 g/mol. The van der Waals surface area contributed by atoms with Crippen molar-refractivity contribution >= 4 is 5.78 Å². The van der Waals surface area contributed by atoms with Gasteiger partial charge in [0.25, 0.3) is 0 Å². The molecule has 0 aromatic heterocycles. The normalized spacial score (nSPS) is 11.7. The quantitative estimate of drug-likeness (QED) is 0.645. The van der Waals surface area contributed by atoms with Crippen LogP contribution >= 0.6 is 0 Å². The Morgan fingerprint density at radius 3 is 2.25 bits per heavy atom. The van der Waals surface area contributed by atoms with Crippen LogP contribution in [0, 0.1) is 5.41 Å². The number of aliphatic hydroxyl groups is 1. The van der Waals surface area contributed by atoms with Gasteiger partial charge in [0.05, 0.1) is 0 Å². The van der Waals surface area contributed by atoms with E-state index in [-0.39, 0.29) is 12.0 Å². The van der Waals surface area contributed by atoms with Crippen LogP contribution in [-0.2, 0) is 4.79 Å². The fraction of sp³-hybridized carbons (Fsp3) is 0.900. The highest BCUT2D eigenvalue weighted by atomic mass is 16.2. The number of unbranched alkanes of at least 4 members (excludes halogenated alkanes) is 1. The molecule has 0 heterocycles. The van der Waals surface area contributed by atoms with Crippen molar-refractivity contribution in [1.29, 1.82) is 0 Å². The van der Waals surface area contributed by atoms with Gasteiger partial charge in [0.1, 0.15) is 5.78 Å². The third-order valence-electron chi connectivity index (χ3n) is 1.59. The molecular formula is C10H20O2. The van der Waals surface area contributed by atoms with Crippen LogP contribution in [0.2, 0.25) is 0 Å². The minimum absolute atomic E-state index is 0.107. The number of hydrogen-bond donors (Lipinski definition) is 1. The lowest BCUT2D eigenvalue weighted by molar-refractivity contribution is -0.120. The van der Waals surface area contributed by atoms with Crippen LogP contribution in [-0.4, -0.2) is 17.5 Å². The van der Waals surface area contributed by atoms with Crippen LogP contribution in [0.25, 0.3) is 0 Å². The second-order valence-corrected chi connectivity index (χ2v) is 4.46. The molecule has 0 rings (SSSR count). The highest BCUT2D eigenvalue weighted by molar-refractivity contribution is 5.78. The second-order valence-electron chi connectivity index (χ2n) is 4.46. The maximum atomic E-state index is 11.3. The molecule has 0 aromatic rings. The van der Waals surface area contributed by atoms with Gasteiger partial charge < -0.3 is 5.11 Å². The van der Waals surface area contributed by atoms with Crippen molar-refractivity contribution < 1.29 is 9.90 Å². The zero-order valence-electron chi connectivity index (χ0n) is 8.39. The minimum atomic E-state index is 0.107. The molecule has 1 N–H and O–H groups in total. The van der Waals surface area contributed by atoms with Crippen molar-refractivity contribution in [2.24, 2.45) is 5.41 Å². The van der Waals surface area contributed by atoms with E-state index in [4.69, 9.17) is 5.11 Å². The second kappa shape index (κ2) is 5.31. The van der Waals surface area contributed by atoms with Crippen LogP contribution in [0.4, 0.5) is 0 Å². The summed E-state index contributed by atoms with van der Waals surface area (Å²) in [6, 6.07) is 0. The Bertz CT molecular complexity index is 133. The molecule has 12 heavy (non-hydrogen) atoms. The SMILES string of the molecule is CC(C)(C)CC(=O)CCCCO. The molecule has 0 spiro atoms. The largest absolute Gasteiger partial charge is 0.396 e. The lowest BCUT2D eigenvalue weighted by Crippen LogP contribution is -2.12. The molecule has 0 aromatic carbocycles. The molecule has 0 aliphatic carbocycles. The van der Waals surface area contributed by atoms with E-state index in [1.54, 1.807) is 0 Å². The Morgan fingerprint density at radius 1 is 1.25 bits per heavy atom. The standard InChI is InChI=1S/C10H20O2/c1-10(2,3)8-9(12)6-4-5-7-11/h11H,4-8H2,1-3H3. The molecule has 0 saturated heterocycles. The molecule has 0 bridgehead atoms. The van der Waals surface area contributed by atoms with Crippen LogP contribution in [0.15, 0.2) is 0 Å². The Kier molecular flexibility index (Phi) is 5.14. The summed E-state index contributed by atoms with van der Waals surface area (Å²) in [6.07, 6.45) is 2.84. The van der Waals surface area contributed by atoms with Gasteiger partial charge in [0.15, 0.2) is 0 Å². The first-order valence-corrected chi connectivity index (χ1v) is 4.58. The zero-order valence-corrected chi connectivity index (χ0v) is 8.39. The Balaban J connectivity index is 3.47. The Labute approximate surface area is 75.0 Å². The van der Waals surface area contributed by atoms with E-state index >= 15 is 0 Å². The first-order valence-electron chi connectivity index (χ1n) is 4.58. The molecule has 0 aliphatic rings. The van der Waals surface area contributed by atoms with Crippen LogP contribution in [0.5, 0.6) is 0 Å². The number of carbonyl (C=O) groups is 1. The highest BCUT2D eigenvalue weighted by Gasteiger charge is 2.14. The van der Waals surface area contributed by atoms with Gasteiger partial charge in [-0.2, -0.15) is 0 Å². The van der Waals surface area contributed by atoms with Gasteiger partial charge in [-0.3, -0.25) is 4.79 Å². The maximum absolute atomic E-state index is 11.3. The lowest BCUT2D eigenvalue weighted by Gasteiger charge is -2.16. The number of ketones is 1. The zero-order chi connectivity index (χ0) is 9.61. The van der Waals surface area contributed by atoms with E-state index in [0.29, 0.717) is 18.6 Å². The minimum Gasteiger partial charge on any atom is -0.396 e. The van der Waals surface area contributed by atoms with Gasteiger partial charge in [0.2, 0.25) is 0 Å². The molecule has 0 amide bonds. The van der Waals surface area contributed by atoms with Gasteiger partial charge >= 0.3 is 0 Å². The predicted octanol–water partition coefficient (Wildman–Crippen LogP) is 2.15. The lowest BCUT2D eigenvalue weighted by atomic mass is 9.88. The molecule has 0 saturated carbocycles. The third kappa shape index (κ3) is 7.73. The summed E-state index contributed by atoms with van der Waals surface area (Å²) < 4.78 is 0. The first-order chi connectivity index (χ1) is 5.45. The monoisotopic (exact) mass is 172 g/mol. The molecule has 0 fully saturated rings. The molecule has 0 unspecified atom stereocenters. The summed E-state index contributed by atoms with van der Waals surface area (Å²) in [5, 5.41) is 8.50. The van der Waals surface area contributed by atoms with Gasteiger partial charge in [-0.1, -0.05) is 20.8 Å². The van der Waals surface area contributed by atoms with Crippen molar-refractivity contribution in [3.05, 3.63) is 0 Å². The number of aliphatic hydroxyl groups excluding tert-OH is 1. The number of Topliss-reactive ketones (excluding diaryl/α,β-unsaturated/α-hetero) is 1. The van der Waals surface area contributed by atoms with E-state index in [1.807, 2.05) is 0 Å². The average molecular weight is 172 g/mol. The maximum Gasteiger partial charge on any atom is 0.133 e. The highest BCUT2D eigenvalue weighted by Crippen LogP contribution is 2.20. The van der Waals surface area contributed by atoms with Crippen LogP contribution < -0.4 is 0 Å². The van der Waals surface area contributed by atoms with Crippen molar-refractivity contribution in [2.45, 2.75) is 46.5 Å². The summed E-state index contributed by atoms with van der Waals surface area (Å²) in [6.45, 7) is 6.40. The van der Waals surface area contributed by atoms with Gasteiger partial charge in [-0.15, -0.1) is 0 Å². The fourth-order valence-corrected chi connectivity index (χ4v) is 1.11. The smallest absolute Gasteiger partial charge is 0.133 e. The van der Waals surface area contributed by atoms with E-state index < -0.39 is 0 Å². The summed E-state index contributed by atoms with van der Waals surface area (Å²) in [4.78, 5) is 11.3. The molecule has 0 aliphatic heterocycles. The summed E-state index contributed by atoms with van der Waals surface area (Å²) >= 11 is 0. The average Bonchev–Trinajstić information content (AvgIpc) is 1.84. The third-order valence-corrected chi connectivity index (χ3v) is 1.59. The van der Waals surface area contributed by atoms with E-state index in [0.717, 1.165) is 12.8 Å². The number of hydrogen-bond acceptors (Lipinski definition) is 2. The van der Waals surface area contributed by atoms with E-state index in [1.165, 1.54) is 0 Å². The van der Waals surface area contributed by atoms with Crippen molar-refractivity contribution in [1.82, 2.24) is 0 Å². The van der Waals surface area contributed by atoms with Gasteiger partial charge in [0, 0.05) is 19.4 Å². The first kappa shape index (κ1) is 11.6. The molecule has 2 nitrogen and oxygen atoms in total. The van der Waals surface area contributed by atoms with E-state index in [9.17, 15) is 4.79 Å². The van der Waals surface area contributed by atoms with E-state index in [2.05, 4.69) is 20.8 Å². The van der Waals surface area contributed by atoms with Gasteiger partial charge in [-0.05, 0) is 18.3 Å². The fourth-order valence-electron chi connectivity index (χ4n) is 1.11. The Morgan fingerprint density at radius 2 is 1.83 bits per heavy atom. The molecule has 72 valence electrons. The number of carbonyl (C=O) groups excluding carboxylic acids is 1. The molecule has 0 atom stereocenters. The molecule has 0 radical (unpaired) electrons. The topological polar surface area (TPSA) is 37.3 Å². The summed E-state index contributed by atoms with van der Waals surface area (Å²) in [5.41, 5.74) is 0.107. The Hall–Kier alpha value is -0.370. The predicted molar refractivity (Wildman–Crippen MR) is 50.0 cm³/mol. The van der Waals surface area contributed by atoms with Crippen LogP contribution in [0.3, 0.4) is 0 Å². The summed E-state index contributed by atoms with van der Waals surface area (Å²) in [7, 11) is 0. The van der Waals surface area contributed by atoms with Crippen LogP contribution in [0.1, 0.15) is 46.5 Å². The van der Waals surface area contributed by atoms with Crippen molar-refractivity contribution in [2.75, 3.05) is 6.61 Å². The summed E-state index contributed by atoms with van der Waals surface area (Å²) in [5.74, 6) is 0.316. The molecule has 2 heteroatoms. The number of rotatable bonds is 5. The van der Waals surface area contributed by atoms with Gasteiger partial charge in [-0.25, -0.2) is 0 Å². The van der Waals surface area contributed by atoms with Crippen molar-refractivity contribution in [3.63, 3.8) is 0 Å².